The molecule has 1 aliphatic heterocycles. The number of esters is 1. The molecule has 112 valence electrons. The van der Waals surface area contributed by atoms with Crippen molar-refractivity contribution >= 4 is 5.97 Å². The topological polar surface area (TPSA) is 44.8 Å². The van der Waals surface area contributed by atoms with Crippen LogP contribution in [0.4, 0.5) is 0 Å². The van der Waals surface area contributed by atoms with E-state index in [0.29, 0.717) is 25.2 Å². The summed E-state index contributed by atoms with van der Waals surface area (Å²) in [6, 6.07) is 1.01. The molecule has 3 unspecified atom stereocenters. The minimum absolute atomic E-state index is 0.170. The lowest BCUT2D eigenvalue weighted by molar-refractivity contribution is -0.151. The summed E-state index contributed by atoms with van der Waals surface area (Å²) in [6.45, 7) is 11.3. The summed E-state index contributed by atoms with van der Waals surface area (Å²) < 4.78 is 5.18. The Hall–Kier alpha value is -0.650. The molecule has 5 nitrogen and oxygen atoms in total. The van der Waals surface area contributed by atoms with Gasteiger partial charge in [-0.3, -0.25) is 14.6 Å². The second kappa shape index (κ2) is 6.68. The van der Waals surface area contributed by atoms with Crippen molar-refractivity contribution in [2.45, 2.75) is 45.3 Å². The zero-order valence-corrected chi connectivity index (χ0v) is 13.2. The van der Waals surface area contributed by atoms with Crippen molar-refractivity contribution in [1.29, 1.82) is 0 Å². The number of ether oxygens (including phenoxy) is 1. The maximum atomic E-state index is 12.1. The molecular weight excluding hydrogens is 242 g/mol. The summed E-state index contributed by atoms with van der Waals surface area (Å²) in [5.41, 5.74) is -0.634. The van der Waals surface area contributed by atoms with Gasteiger partial charge in [-0.25, -0.2) is 0 Å². The largest absolute Gasteiger partial charge is 0.465 e. The van der Waals surface area contributed by atoms with E-state index in [0.717, 1.165) is 13.1 Å². The van der Waals surface area contributed by atoms with Crippen LogP contribution in [0, 0.1) is 0 Å². The lowest BCUT2D eigenvalue weighted by atomic mass is 10.00. The fraction of sp³-hybridized carbons (Fsp3) is 0.929. The number of likely N-dealkylation sites (N-methyl/N-ethyl adjacent to an activating group) is 2. The van der Waals surface area contributed by atoms with Crippen LogP contribution in [0.5, 0.6) is 0 Å². The molecular formula is C14H29N3O2. The van der Waals surface area contributed by atoms with Gasteiger partial charge in [0.1, 0.15) is 5.54 Å². The molecule has 3 atom stereocenters. The van der Waals surface area contributed by atoms with Crippen LogP contribution in [0.3, 0.4) is 0 Å². The van der Waals surface area contributed by atoms with Crippen LogP contribution in [-0.4, -0.2) is 73.7 Å². The first-order valence-corrected chi connectivity index (χ1v) is 7.14. The normalized spacial score (nSPS) is 28.9. The molecule has 0 aromatic carbocycles. The predicted molar refractivity (Wildman–Crippen MR) is 77.2 cm³/mol. The zero-order valence-electron chi connectivity index (χ0n) is 13.2. The van der Waals surface area contributed by atoms with Gasteiger partial charge in [-0.15, -0.1) is 0 Å². The van der Waals surface area contributed by atoms with Gasteiger partial charge < -0.3 is 10.1 Å². The highest BCUT2D eigenvalue weighted by Crippen LogP contribution is 2.17. The van der Waals surface area contributed by atoms with Crippen LogP contribution < -0.4 is 5.32 Å². The van der Waals surface area contributed by atoms with E-state index in [4.69, 9.17) is 4.74 Å². The molecule has 1 N–H and O–H groups in total. The van der Waals surface area contributed by atoms with E-state index in [2.05, 4.69) is 36.0 Å². The zero-order chi connectivity index (χ0) is 14.6. The Balaban J connectivity index is 2.68. The van der Waals surface area contributed by atoms with Gasteiger partial charge in [-0.1, -0.05) is 0 Å². The summed E-state index contributed by atoms with van der Waals surface area (Å²) in [5, 5.41) is 3.12. The molecule has 1 heterocycles. The average molecular weight is 271 g/mol. The standard InChI is InChI=1S/C14H29N3O2/c1-7-19-13(18)14(4,15-5)10-17-8-11(2)16(6)12(3)9-17/h11-12,15H,7-10H2,1-6H3. The third-order valence-electron chi connectivity index (χ3n) is 4.25. The Morgan fingerprint density at radius 2 is 1.89 bits per heavy atom. The molecule has 5 heteroatoms. The molecule has 0 saturated carbocycles. The summed E-state index contributed by atoms with van der Waals surface area (Å²) >= 11 is 0. The van der Waals surface area contributed by atoms with Gasteiger partial charge in [0, 0.05) is 31.7 Å². The van der Waals surface area contributed by atoms with Gasteiger partial charge >= 0.3 is 5.97 Å². The molecule has 1 saturated heterocycles. The Kier molecular flexibility index (Phi) is 5.77. The summed E-state index contributed by atoms with van der Waals surface area (Å²) in [7, 11) is 3.98. The monoisotopic (exact) mass is 271 g/mol. The van der Waals surface area contributed by atoms with Gasteiger partial charge in [0.15, 0.2) is 0 Å². The number of piperazine rings is 1. The highest BCUT2D eigenvalue weighted by Gasteiger charge is 2.37. The summed E-state index contributed by atoms with van der Waals surface area (Å²) in [6.07, 6.45) is 0. The van der Waals surface area contributed by atoms with E-state index in [1.807, 2.05) is 20.9 Å². The van der Waals surface area contributed by atoms with Gasteiger partial charge in [0.25, 0.3) is 0 Å². The van der Waals surface area contributed by atoms with Crippen LogP contribution in [0.15, 0.2) is 0 Å². The molecule has 0 radical (unpaired) electrons. The fourth-order valence-electron chi connectivity index (χ4n) is 2.63. The highest BCUT2D eigenvalue weighted by molar-refractivity contribution is 5.80. The second-order valence-corrected chi connectivity index (χ2v) is 5.86. The van der Waals surface area contributed by atoms with Gasteiger partial charge in [0.05, 0.1) is 6.61 Å². The molecule has 0 aliphatic carbocycles. The molecule has 0 aromatic heterocycles. The van der Waals surface area contributed by atoms with Crippen molar-refractivity contribution in [3.63, 3.8) is 0 Å². The Morgan fingerprint density at radius 1 is 1.37 bits per heavy atom. The Labute approximate surface area is 117 Å². The molecule has 1 fully saturated rings. The molecule has 0 aromatic rings. The van der Waals surface area contributed by atoms with Crippen LogP contribution >= 0.6 is 0 Å². The van der Waals surface area contributed by atoms with Crippen molar-refractivity contribution < 1.29 is 9.53 Å². The highest BCUT2D eigenvalue weighted by atomic mass is 16.5. The van der Waals surface area contributed by atoms with E-state index >= 15 is 0 Å². The molecule has 1 rings (SSSR count). The first kappa shape index (κ1) is 16.4. The maximum absolute atomic E-state index is 12.1. The minimum atomic E-state index is -0.634. The lowest BCUT2D eigenvalue weighted by Gasteiger charge is -2.44. The fourth-order valence-corrected chi connectivity index (χ4v) is 2.63. The number of hydrogen-bond acceptors (Lipinski definition) is 5. The maximum Gasteiger partial charge on any atom is 0.327 e. The Morgan fingerprint density at radius 3 is 2.32 bits per heavy atom. The molecule has 0 spiro atoms. The quantitative estimate of drug-likeness (QED) is 0.740. The molecule has 0 amide bonds. The first-order chi connectivity index (χ1) is 8.84. The van der Waals surface area contributed by atoms with Gasteiger partial charge in [0.2, 0.25) is 0 Å². The van der Waals surface area contributed by atoms with Crippen LogP contribution in [-0.2, 0) is 9.53 Å². The smallest absolute Gasteiger partial charge is 0.327 e. The predicted octanol–water partition coefficient (Wildman–Crippen LogP) is 0.552. The third kappa shape index (κ3) is 3.91. The van der Waals surface area contributed by atoms with Crippen LogP contribution in [0.25, 0.3) is 0 Å². The van der Waals surface area contributed by atoms with E-state index in [1.165, 1.54) is 0 Å². The number of hydrogen-bond donors (Lipinski definition) is 1. The van der Waals surface area contributed by atoms with Crippen molar-refractivity contribution in [1.82, 2.24) is 15.1 Å². The van der Waals surface area contributed by atoms with E-state index in [-0.39, 0.29) is 5.97 Å². The van der Waals surface area contributed by atoms with E-state index in [1.54, 1.807) is 0 Å². The van der Waals surface area contributed by atoms with Crippen LogP contribution in [0.1, 0.15) is 27.7 Å². The summed E-state index contributed by atoms with van der Waals surface area (Å²) in [5.74, 6) is -0.170. The van der Waals surface area contributed by atoms with Crippen LogP contribution in [0.2, 0.25) is 0 Å². The number of rotatable bonds is 5. The number of carbonyl (C=O) groups is 1. The molecule has 0 bridgehead atoms. The number of carbonyl (C=O) groups excluding carboxylic acids is 1. The van der Waals surface area contributed by atoms with Gasteiger partial charge in [-0.2, -0.15) is 0 Å². The first-order valence-electron chi connectivity index (χ1n) is 7.14. The van der Waals surface area contributed by atoms with Gasteiger partial charge in [-0.05, 0) is 41.8 Å². The minimum Gasteiger partial charge on any atom is -0.465 e. The van der Waals surface area contributed by atoms with Crippen molar-refractivity contribution in [3.8, 4) is 0 Å². The van der Waals surface area contributed by atoms with E-state index in [9.17, 15) is 4.79 Å². The third-order valence-corrected chi connectivity index (χ3v) is 4.25. The van der Waals surface area contributed by atoms with Crippen molar-refractivity contribution in [2.75, 3.05) is 40.3 Å². The average Bonchev–Trinajstić information content (AvgIpc) is 2.36. The Bertz CT molecular complexity index is 299. The lowest BCUT2D eigenvalue weighted by Crippen LogP contribution is -2.62. The summed E-state index contributed by atoms with van der Waals surface area (Å²) in [4.78, 5) is 16.8. The van der Waals surface area contributed by atoms with Crippen molar-refractivity contribution in [2.24, 2.45) is 0 Å². The van der Waals surface area contributed by atoms with E-state index < -0.39 is 5.54 Å². The number of nitrogens with zero attached hydrogens (tertiary/aromatic N) is 2. The SMILES string of the molecule is CCOC(=O)C(C)(CN1CC(C)N(C)C(C)C1)NC. The number of nitrogens with one attached hydrogen (secondary N) is 1. The molecule has 1 aliphatic rings. The van der Waals surface area contributed by atoms with Crippen molar-refractivity contribution in [3.05, 3.63) is 0 Å². The second-order valence-electron chi connectivity index (χ2n) is 5.86. The molecule has 19 heavy (non-hydrogen) atoms.